The van der Waals surface area contributed by atoms with E-state index in [1.807, 2.05) is 7.05 Å². The summed E-state index contributed by atoms with van der Waals surface area (Å²) >= 11 is 0. The fourth-order valence-corrected chi connectivity index (χ4v) is 1.03. The number of likely N-dealkylation sites (N-methyl/N-ethyl adjacent to an activating group) is 1. The Morgan fingerprint density at radius 1 is 1.46 bits per heavy atom. The van der Waals surface area contributed by atoms with E-state index in [4.69, 9.17) is 0 Å². The molecule has 1 heterocycles. The highest BCUT2D eigenvalue weighted by Gasteiger charge is 2.04. The summed E-state index contributed by atoms with van der Waals surface area (Å²) < 4.78 is 0. The minimum atomic E-state index is 0.585. The highest BCUT2D eigenvalue weighted by molar-refractivity contribution is 4.78. The van der Waals surface area contributed by atoms with E-state index < -0.39 is 0 Å². The Labute approximate surface area is 78.5 Å². The lowest BCUT2D eigenvalue weighted by Crippen LogP contribution is -2.16. The Bertz CT molecular complexity index is 242. The van der Waals surface area contributed by atoms with Gasteiger partial charge in [-0.15, -0.1) is 10.2 Å². The number of nitrogens with one attached hydrogen (secondary N) is 1. The van der Waals surface area contributed by atoms with Crippen LogP contribution in [0, 0.1) is 5.92 Å². The van der Waals surface area contributed by atoms with E-state index in [0.29, 0.717) is 5.92 Å². The average molecular weight is 183 g/mol. The van der Waals surface area contributed by atoms with Crippen LogP contribution in [0.5, 0.6) is 0 Å². The maximum atomic E-state index is 4.24. The van der Waals surface area contributed by atoms with Gasteiger partial charge in [-0.2, -0.15) is 4.80 Å². The highest BCUT2D eigenvalue weighted by Crippen LogP contribution is 1.99. The van der Waals surface area contributed by atoms with Crippen molar-refractivity contribution >= 4 is 0 Å². The Kier molecular flexibility index (Phi) is 3.82. The number of tetrazole rings is 1. The van der Waals surface area contributed by atoms with Crippen LogP contribution in [0.25, 0.3) is 0 Å². The second-order valence-electron chi connectivity index (χ2n) is 3.50. The largest absolute Gasteiger partial charge is 0.318 e. The van der Waals surface area contributed by atoms with E-state index in [1.165, 1.54) is 0 Å². The molecule has 0 bridgehead atoms. The second-order valence-corrected chi connectivity index (χ2v) is 3.50. The molecule has 0 spiro atoms. The van der Waals surface area contributed by atoms with Crippen LogP contribution in [0.2, 0.25) is 0 Å². The van der Waals surface area contributed by atoms with Gasteiger partial charge in [-0.1, -0.05) is 13.8 Å². The lowest BCUT2D eigenvalue weighted by molar-refractivity contribution is 0.503. The zero-order valence-corrected chi connectivity index (χ0v) is 8.49. The second kappa shape index (κ2) is 4.91. The molecule has 5 nitrogen and oxygen atoms in total. The van der Waals surface area contributed by atoms with Gasteiger partial charge >= 0.3 is 0 Å². The van der Waals surface area contributed by atoms with Gasteiger partial charge in [0.25, 0.3) is 0 Å². The first-order valence-electron chi connectivity index (χ1n) is 4.63. The topological polar surface area (TPSA) is 55.6 Å². The molecule has 1 aromatic heterocycles. The van der Waals surface area contributed by atoms with Crippen molar-refractivity contribution in [1.82, 2.24) is 25.5 Å². The molecule has 0 atom stereocenters. The van der Waals surface area contributed by atoms with Gasteiger partial charge in [-0.25, -0.2) is 0 Å². The lowest BCUT2D eigenvalue weighted by atomic mass is 10.1. The van der Waals surface area contributed by atoms with Gasteiger partial charge in [0, 0.05) is 13.0 Å². The quantitative estimate of drug-likeness (QED) is 0.703. The molecule has 1 rings (SSSR count). The smallest absolute Gasteiger partial charge is 0.175 e. The van der Waals surface area contributed by atoms with E-state index in [0.717, 1.165) is 25.3 Å². The molecule has 0 radical (unpaired) electrons. The number of rotatable bonds is 5. The molecule has 1 N–H and O–H groups in total. The first-order chi connectivity index (χ1) is 6.22. The highest BCUT2D eigenvalue weighted by atomic mass is 15.6. The van der Waals surface area contributed by atoms with Crippen LogP contribution < -0.4 is 5.32 Å². The van der Waals surface area contributed by atoms with Gasteiger partial charge in [0.1, 0.15) is 0 Å². The fraction of sp³-hybridized carbons (Fsp3) is 0.875. The van der Waals surface area contributed by atoms with Crippen LogP contribution in [0.1, 0.15) is 19.7 Å². The Hall–Kier alpha value is -0.970. The van der Waals surface area contributed by atoms with Crippen molar-refractivity contribution in [2.75, 3.05) is 13.6 Å². The molecule has 1 aromatic rings. The van der Waals surface area contributed by atoms with Gasteiger partial charge in [0.05, 0.1) is 6.54 Å². The van der Waals surface area contributed by atoms with E-state index in [9.17, 15) is 0 Å². The average Bonchev–Trinajstić information content (AvgIpc) is 2.48. The van der Waals surface area contributed by atoms with Crippen molar-refractivity contribution < 1.29 is 0 Å². The number of hydrogen-bond acceptors (Lipinski definition) is 4. The Balaban J connectivity index is 2.44. The van der Waals surface area contributed by atoms with E-state index in [2.05, 4.69) is 34.6 Å². The van der Waals surface area contributed by atoms with E-state index in [1.54, 1.807) is 4.80 Å². The van der Waals surface area contributed by atoms with Crippen LogP contribution in [-0.4, -0.2) is 33.8 Å². The van der Waals surface area contributed by atoms with Gasteiger partial charge in [0.15, 0.2) is 5.82 Å². The number of aromatic nitrogens is 4. The minimum Gasteiger partial charge on any atom is -0.318 e. The maximum Gasteiger partial charge on any atom is 0.175 e. The van der Waals surface area contributed by atoms with Crippen molar-refractivity contribution in [3.63, 3.8) is 0 Å². The Morgan fingerprint density at radius 2 is 2.23 bits per heavy atom. The Morgan fingerprint density at radius 3 is 2.85 bits per heavy atom. The lowest BCUT2D eigenvalue weighted by Gasteiger charge is -1.97. The number of nitrogens with zero attached hydrogens (tertiary/aromatic N) is 4. The molecule has 74 valence electrons. The first kappa shape index (κ1) is 10.1. The molecule has 0 fully saturated rings. The SMILES string of the molecule is CNCCn1nnc(CC(C)C)n1. The molecular weight excluding hydrogens is 166 g/mol. The van der Waals surface area contributed by atoms with E-state index >= 15 is 0 Å². The van der Waals surface area contributed by atoms with Crippen LogP contribution >= 0.6 is 0 Å². The summed E-state index contributed by atoms with van der Waals surface area (Å²) in [6.45, 7) is 5.95. The predicted octanol–water partition coefficient (Wildman–Crippen LogP) is 0.0910. The standard InChI is InChI=1S/C8H17N5/c1-7(2)6-8-10-12-13(11-8)5-4-9-3/h7,9H,4-6H2,1-3H3. The normalized spacial score (nSPS) is 11.1. The zero-order valence-electron chi connectivity index (χ0n) is 8.49. The van der Waals surface area contributed by atoms with Gasteiger partial charge in [0.2, 0.25) is 0 Å². The molecule has 0 aliphatic carbocycles. The minimum absolute atomic E-state index is 0.585. The van der Waals surface area contributed by atoms with Crippen molar-refractivity contribution in [3.8, 4) is 0 Å². The zero-order chi connectivity index (χ0) is 9.68. The van der Waals surface area contributed by atoms with Crippen LogP contribution in [0.4, 0.5) is 0 Å². The maximum absolute atomic E-state index is 4.24. The van der Waals surface area contributed by atoms with Crippen molar-refractivity contribution in [2.45, 2.75) is 26.8 Å². The molecule has 0 aliphatic rings. The predicted molar refractivity (Wildman–Crippen MR) is 50.3 cm³/mol. The summed E-state index contributed by atoms with van der Waals surface area (Å²) in [5.41, 5.74) is 0. The molecule has 0 saturated carbocycles. The summed E-state index contributed by atoms with van der Waals surface area (Å²) in [5.74, 6) is 1.42. The third-order valence-electron chi connectivity index (χ3n) is 1.65. The fourth-order valence-electron chi connectivity index (χ4n) is 1.03. The molecule has 0 aliphatic heterocycles. The van der Waals surface area contributed by atoms with E-state index in [-0.39, 0.29) is 0 Å². The van der Waals surface area contributed by atoms with Crippen molar-refractivity contribution in [1.29, 1.82) is 0 Å². The summed E-state index contributed by atoms with van der Waals surface area (Å²) in [6, 6.07) is 0. The molecule has 13 heavy (non-hydrogen) atoms. The molecule has 0 amide bonds. The summed E-state index contributed by atoms with van der Waals surface area (Å²) in [7, 11) is 1.91. The molecule has 0 aromatic carbocycles. The monoisotopic (exact) mass is 183 g/mol. The van der Waals surface area contributed by atoms with Crippen LogP contribution in [0.3, 0.4) is 0 Å². The van der Waals surface area contributed by atoms with Crippen molar-refractivity contribution in [3.05, 3.63) is 5.82 Å². The number of hydrogen-bond donors (Lipinski definition) is 1. The summed E-state index contributed by atoms with van der Waals surface area (Å²) in [4.78, 5) is 1.63. The summed E-state index contributed by atoms with van der Waals surface area (Å²) in [5, 5.41) is 15.2. The van der Waals surface area contributed by atoms with Crippen LogP contribution in [0.15, 0.2) is 0 Å². The third kappa shape index (κ3) is 3.50. The van der Waals surface area contributed by atoms with Gasteiger partial charge in [-0.05, 0) is 18.2 Å². The van der Waals surface area contributed by atoms with Gasteiger partial charge in [-0.3, -0.25) is 0 Å². The first-order valence-corrected chi connectivity index (χ1v) is 4.63. The molecule has 5 heteroatoms. The summed E-state index contributed by atoms with van der Waals surface area (Å²) in [6.07, 6.45) is 0.902. The van der Waals surface area contributed by atoms with Crippen LogP contribution in [-0.2, 0) is 13.0 Å². The van der Waals surface area contributed by atoms with Gasteiger partial charge < -0.3 is 5.32 Å². The molecule has 0 unspecified atom stereocenters. The molecular formula is C8H17N5. The third-order valence-corrected chi connectivity index (χ3v) is 1.65. The van der Waals surface area contributed by atoms with Crippen molar-refractivity contribution in [2.24, 2.45) is 5.92 Å². The molecule has 0 saturated heterocycles.